The Balaban J connectivity index is 1.99. The van der Waals surface area contributed by atoms with Gasteiger partial charge >= 0.3 is 5.76 Å². The number of nitrogens with zero attached hydrogens (tertiary/aromatic N) is 1. The van der Waals surface area contributed by atoms with Gasteiger partial charge in [-0.15, -0.1) is 0 Å². The minimum atomic E-state index is -0.303. The molecule has 1 atom stereocenters. The number of halogens is 1. The van der Waals surface area contributed by atoms with E-state index in [2.05, 4.69) is 28.9 Å². The van der Waals surface area contributed by atoms with Crippen molar-refractivity contribution in [3.63, 3.8) is 0 Å². The first-order chi connectivity index (χ1) is 9.63. The Labute approximate surface area is 128 Å². The maximum atomic E-state index is 11.5. The van der Waals surface area contributed by atoms with E-state index in [4.69, 9.17) is 4.42 Å². The van der Waals surface area contributed by atoms with Crippen molar-refractivity contribution >= 4 is 27.0 Å². The van der Waals surface area contributed by atoms with E-state index < -0.39 is 0 Å². The first-order valence-electron chi connectivity index (χ1n) is 7.37. The fraction of sp³-hybridized carbons (Fsp3) is 0.562. The van der Waals surface area contributed by atoms with Crippen molar-refractivity contribution in [3.05, 3.63) is 34.3 Å². The lowest BCUT2D eigenvalue weighted by atomic mass is 10.0. The number of aromatic nitrogens is 1. The Bertz CT molecular complexity index is 614. The molecule has 110 valence electrons. The molecule has 1 unspecified atom stereocenters. The summed E-state index contributed by atoms with van der Waals surface area (Å²) < 4.78 is 6.77. The zero-order valence-corrected chi connectivity index (χ0v) is 13.8. The number of unbranched alkanes of at least 4 members (excludes halogenated alkanes) is 4. The zero-order chi connectivity index (χ0) is 14.5. The van der Waals surface area contributed by atoms with Gasteiger partial charge in [0.2, 0.25) is 0 Å². The maximum absolute atomic E-state index is 11.5. The van der Waals surface area contributed by atoms with E-state index in [0.717, 1.165) is 11.9 Å². The van der Waals surface area contributed by atoms with Crippen LogP contribution in [0.5, 0.6) is 0 Å². The maximum Gasteiger partial charge on any atom is 0.419 e. The van der Waals surface area contributed by atoms with Crippen LogP contribution in [0.25, 0.3) is 11.1 Å². The van der Waals surface area contributed by atoms with Crippen molar-refractivity contribution in [1.82, 2.24) is 4.57 Å². The SMILES string of the molecule is CCCCCCCC(Br)c1ccc2c(c1)oc(=O)n2C. The number of alkyl halides is 1. The number of benzene rings is 1. The van der Waals surface area contributed by atoms with Crippen LogP contribution in [0, 0.1) is 0 Å². The van der Waals surface area contributed by atoms with Crippen molar-refractivity contribution < 1.29 is 4.42 Å². The molecule has 4 heteroatoms. The molecule has 1 aromatic heterocycles. The molecule has 20 heavy (non-hydrogen) atoms. The zero-order valence-electron chi connectivity index (χ0n) is 12.2. The number of fused-ring (bicyclic) bond motifs is 1. The van der Waals surface area contributed by atoms with Crippen LogP contribution in [0.15, 0.2) is 27.4 Å². The van der Waals surface area contributed by atoms with Gasteiger partial charge in [-0.05, 0) is 24.1 Å². The minimum Gasteiger partial charge on any atom is -0.408 e. The topological polar surface area (TPSA) is 35.1 Å². The molecule has 0 aliphatic heterocycles. The second-order valence-electron chi connectivity index (χ2n) is 5.32. The summed E-state index contributed by atoms with van der Waals surface area (Å²) in [5.74, 6) is -0.303. The molecule has 0 saturated carbocycles. The molecule has 1 aromatic carbocycles. The van der Waals surface area contributed by atoms with Crippen LogP contribution >= 0.6 is 15.9 Å². The van der Waals surface area contributed by atoms with Gasteiger partial charge < -0.3 is 4.42 Å². The lowest BCUT2D eigenvalue weighted by Gasteiger charge is -2.10. The molecule has 0 N–H and O–H groups in total. The molecule has 0 amide bonds. The molecule has 0 saturated heterocycles. The van der Waals surface area contributed by atoms with E-state index >= 15 is 0 Å². The Morgan fingerprint density at radius 2 is 2.00 bits per heavy atom. The summed E-state index contributed by atoms with van der Waals surface area (Å²) in [6.45, 7) is 2.23. The third-order valence-corrected chi connectivity index (χ3v) is 4.73. The molecule has 3 nitrogen and oxygen atoms in total. The van der Waals surface area contributed by atoms with Crippen LogP contribution in [-0.4, -0.2) is 4.57 Å². The second-order valence-corrected chi connectivity index (χ2v) is 6.43. The third-order valence-electron chi connectivity index (χ3n) is 3.74. The average Bonchev–Trinajstić information content (AvgIpc) is 2.73. The molecule has 2 aromatic rings. The van der Waals surface area contributed by atoms with E-state index in [0.29, 0.717) is 10.4 Å². The molecular weight excluding hydrogens is 318 g/mol. The van der Waals surface area contributed by atoms with Crippen LogP contribution in [0.4, 0.5) is 0 Å². The van der Waals surface area contributed by atoms with Gasteiger partial charge in [-0.1, -0.05) is 61.0 Å². The summed E-state index contributed by atoms with van der Waals surface area (Å²) in [6, 6.07) is 6.01. The predicted octanol–water partition coefficient (Wildman–Crippen LogP) is 4.93. The summed E-state index contributed by atoms with van der Waals surface area (Å²) in [5, 5.41) is 0. The highest BCUT2D eigenvalue weighted by atomic mass is 79.9. The van der Waals surface area contributed by atoms with Crippen LogP contribution in [-0.2, 0) is 7.05 Å². The van der Waals surface area contributed by atoms with Gasteiger partial charge in [0.15, 0.2) is 5.58 Å². The van der Waals surface area contributed by atoms with Crippen molar-refractivity contribution in [2.75, 3.05) is 0 Å². The quantitative estimate of drug-likeness (QED) is 0.529. The highest BCUT2D eigenvalue weighted by molar-refractivity contribution is 9.09. The summed E-state index contributed by atoms with van der Waals surface area (Å²) in [6.07, 6.45) is 7.57. The molecular formula is C16H22BrNO2. The molecule has 0 aliphatic carbocycles. The Hall–Kier alpha value is -1.03. The number of hydrogen-bond acceptors (Lipinski definition) is 2. The van der Waals surface area contributed by atoms with Gasteiger partial charge in [-0.25, -0.2) is 4.79 Å². The highest BCUT2D eigenvalue weighted by Gasteiger charge is 2.11. The smallest absolute Gasteiger partial charge is 0.408 e. The highest BCUT2D eigenvalue weighted by Crippen LogP contribution is 2.30. The number of aryl methyl sites for hydroxylation is 1. The van der Waals surface area contributed by atoms with Gasteiger partial charge in [0.25, 0.3) is 0 Å². The van der Waals surface area contributed by atoms with Crippen molar-refractivity contribution in [2.24, 2.45) is 7.05 Å². The molecule has 0 bridgehead atoms. The van der Waals surface area contributed by atoms with E-state index in [-0.39, 0.29) is 5.76 Å². The minimum absolute atomic E-state index is 0.303. The Kier molecular flexibility index (Phi) is 5.46. The normalized spacial score (nSPS) is 12.9. The van der Waals surface area contributed by atoms with Crippen LogP contribution in [0.3, 0.4) is 0 Å². The summed E-state index contributed by atoms with van der Waals surface area (Å²) in [5.41, 5.74) is 2.70. The first kappa shape index (κ1) is 15.4. The fourth-order valence-corrected chi connectivity index (χ4v) is 3.05. The van der Waals surface area contributed by atoms with E-state index in [1.807, 2.05) is 12.1 Å². The lowest BCUT2D eigenvalue weighted by Crippen LogP contribution is -2.08. The largest absolute Gasteiger partial charge is 0.419 e. The first-order valence-corrected chi connectivity index (χ1v) is 8.28. The number of oxazole rings is 1. The second kappa shape index (κ2) is 7.11. The summed E-state index contributed by atoms with van der Waals surface area (Å²) in [4.78, 5) is 11.8. The summed E-state index contributed by atoms with van der Waals surface area (Å²) in [7, 11) is 1.73. The standard InChI is InChI=1S/C16H22BrNO2/c1-3-4-5-6-7-8-13(17)12-9-10-14-15(11-12)20-16(19)18(14)2/h9-11,13H,3-8H2,1-2H3. The molecule has 0 spiro atoms. The van der Waals surface area contributed by atoms with Crippen molar-refractivity contribution in [2.45, 2.75) is 50.3 Å². The lowest BCUT2D eigenvalue weighted by molar-refractivity contribution is 0.527. The van der Waals surface area contributed by atoms with Gasteiger partial charge in [0.05, 0.1) is 5.52 Å². The molecule has 2 rings (SSSR count). The van der Waals surface area contributed by atoms with Gasteiger partial charge in [-0.2, -0.15) is 0 Å². The van der Waals surface area contributed by atoms with Crippen LogP contribution in [0.1, 0.15) is 55.8 Å². The molecule has 0 radical (unpaired) electrons. The van der Waals surface area contributed by atoms with Gasteiger partial charge in [0.1, 0.15) is 0 Å². The van der Waals surface area contributed by atoms with Crippen molar-refractivity contribution in [1.29, 1.82) is 0 Å². The van der Waals surface area contributed by atoms with Crippen molar-refractivity contribution in [3.8, 4) is 0 Å². The predicted molar refractivity (Wildman–Crippen MR) is 86.5 cm³/mol. The van der Waals surface area contributed by atoms with Crippen LogP contribution < -0.4 is 5.76 Å². The van der Waals surface area contributed by atoms with Crippen LogP contribution in [0.2, 0.25) is 0 Å². The average molecular weight is 340 g/mol. The van der Waals surface area contributed by atoms with E-state index in [1.54, 1.807) is 7.05 Å². The molecule has 1 heterocycles. The summed E-state index contributed by atoms with van der Waals surface area (Å²) >= 11 is 3.74. The Morgan fingerprint density at radius 1 is 1.25 bits per heavy atom. The van der Waals surface area contributed by atoms with E-state index in [9.17, 15) is 4.79 Å². The molecule has 0 fully saturated rings. The Morgan fingerprint density at radius 3 is 2.75 bits per heavy atom. The van der Waals surface area contributed by atoms with E-state index in [1.165, 1.54) is 42.2 Å². The third kappa shape index (κ3) is 3.54. The number of hydrogen-bond donors (Lipinski definition) is 0. The fourth-order valence-electron chi connectivity index (χ4n) is 2.44. The monoisotopic (exact) mass is 339 g/mol. The molecule has 0 aliphatic rings. The van der Waals surface area contributed by atoms with Gasteiger partial charge in [0, 0.05) is 11.9 Å². The van der Waals surface area contributed by atoms with Gasteiger partial charge in [-0.3, -0.25) is 4.57 Å². The number of rotatable bonds is 7.